The second-order valence-electron chi connectivity index (χ2n) is 8.36. The number of hydrogen-bond donors (Lipinski definition) is 2. The Hall–Kier alpha value is -5.00. The van der Waals surface area contributed by atoms with Crippen molar-refractivity contribution in [3.63, 3.8) is 0 Å². The number of carbonyl (C=O) groups excluding carboxylic acids is 2. The first-order valence-electron chi connectivity index (χ1n) is 11.1. The van der Waals surface area contributed by atoms with Gasteiger partial charge in [0.05, 0.1) is 59.9 Å². The fraction of sp³-hybridized carbons (Fsp3) is 0.167. The molecule has 180 valence electrons. The number of para-hydroxylation sites is 1. The minimum absolute atomic E-state index is 0.123. The molecule has 0 unspecified atom stereocenters. The van der Waals surface area contributed by atoms with Gasteiger partial charge in [-0.1, -0.05) is 18.2 Å². The molecule has 0 bridgehead atoms. The van der Waals surface area contributed by atoms with Gasteiger partial charge >= 0.3 is 5.69 Å². The second-order valence-corrected chi connectivity index (χ2v) is 8.36. The Morgan fingerprint density at radius 2 is 1.92 bits per heavy atom. The molecule has 5 aromatic rings. The summed E-state index contributed by atoms with van der Waals surface area (Å²) in [6.45, 7) is 2.00. The molecule has 6 rings (SSSR count). The fourth-order valence-corrected chi connectivity index (χ4v) is 4.55. The standard InChI is InChI=1S/C24H20N8O4/c1-13-27-12-31(29-13)22-20-19(18(36-2)9-26-22)15(8-25-20)21(33)23(34)30-10-16-17(11-30)32(24(35)28-16)14-6-4-3-5-7-14/h3-9,12,25H,10-11H2,1-2H3,(H,28,35). The highest BCUT2D eigenvalue weighted by atomic mass is 16.5. The maximum absolute atomic E-state index is 13.4. The Balaban J connectivity index is 1.35. The van der Waals surface area contributed by atoms with Gasteiger partial charge < -0.3 is 19.6 Å². The number of fused-ring (bicyclic) bond motifs is 2. The summed E-state index contributed by atoms with van der Waals surface area (Å²) in [6, 6.07) is 9.14. The molecule has 1 amide bonds. The molecule has 0 atom stereocenters. The summed E-state index contributed by atoms with van der Waals surface area (Å²) in [4.78, 5) is 55.0. The van der Waals surface area contributed by atoms with Crippen molar-refractivity contribution in [2.45, 2.75) is 20.0 Å². The average molecular weight is 484 g/mol. The molecule has 0 spiro atoms. The van der Waals surface area contributed by atoms with Crippen LogP contribution in [0.3, 0.4) is 0 Å². The lowest BCUT2D eigenvalue weighted by molar-refractivity contribution is -0.127. The first kappa shape index (κ1) is 21.5. The number of pyridine rings is 1. The molecular weight excluding hydrogens is 464 g/mol. The number of aromatic nitrogens is 7. The Morgan fingerprint density at radius 1 is 1.11 bits per heavy atom. The number of nitrogens with zero attached hydrogens (tertiary/aromatic N) is 6. The van der Waals surface area contributed by atoms with Crippen LogP contribution in [0.5, 0.6) is 5.75 Å². The lowest BCUT2D eigenvalue weighted by atomic mass is 10.1. The number of ether oxygens (including phenoxy) is 1. The quantitative estimate of drug-likeness (QED) is 0.285. The van der Waals surface area contributed by atoms with Crippen LogP contribution < -0.4 is 10.4 Å². The van der Waals surface area contributed by atoms with E-state index in [4.69, 9.17) is 4.74 Å². The van der Waals surface area contributed by atoms with Crippen molar-refractivity contribution in [3.8, 4) is 17.3 Å². The number of imidazole rings is 1. The van der Waals surface area contributed by atoms with Gasteiger partial charge in [0, 0.05) is 6.20 Å². The van der Waals surface area contributed by atoms with E-state index >= 15 is 0 Å². The average Bonchev–Trinajstić information content (AvgIpc) is 3.66. The van der Waals surface area contributed by atoms with Crippen molar-refractivity contribution in [1.29, 1.82) is 0 Å². The normalized spacial score (nSPS) is 12.8. The highest BCUT2D eigenvalue weighted by Crippen LogP contribution is 2.32. The third kappa shape index (κ3) is 3.22. The molecule has 1 aliphatic rings. The molecule has 2 N–H and O–H groups in total. The van der Waals surface area contributed by atoms with Gasteiger partial charge in [0.15, 0.2) is 5.82 Å². The van der Waals surface area contributed by atoms with Gasteiger partial charge in [0.2, 0.25) is 0 Å². The lowest BCUT2D eigenvalue weighted by Crippen LogP contribution is -2.33. The van der Waals surface area contributed by atoms with Gasteiger partial charge in [-0.2, -0.15) is 5.10 Å². The number of H-pyrrole nitrogens is 2. The summed E-state index contributed by atoms with van der Waals surface area (Å²) in [7, 11) is 1.47. The van der Waals surface area contributed by atoms with Gasteiger partial charge in [-0.3, -0.25) is 14.2 Å². The summed E-state index contributed by atoms with van der Waals surface area (Å²) in [5, 5.41) is 4.71. The van der Waals surface area contributed by atoms with Crippen LogP contribution in [0.25, 0.3) is 22.4 Å². The number of benzene rings is 1. The van der Waals surface area contributed by atoms with E-state index < -0.39 is 11.7 Å². The molecule has 1 aliphatic heterocycles. The van der Waals surface area contributed by atoms with Gasteiger partial charge in [-0.05, 0) is 19.1 Å². The van der Waals surface area contributed by atoms with E-state index in [9.17, 15) is 14.4 Å². The number of ketones is 1. The highest BCUT2D eigenvalue weighted by molar-refractivity contribution is 6.45. The van der Waals surface area contributed by atoms with Gasteiger partial charge in [-0.15, -0.1) is 0 Å². The Bertz CT molecular complexity index is 1710. The largest absolute Gasteiger partial charge is 0.494 e. The first-order valence-corrected chi connectivity index (χ1v) is 11.1. The molecule has 0 radical (unpaired) electrons. The Kier molecular flexibility index (Phi) is 4.81. The van der Waals surface area contributed by atoms with E-state index in [-0.39, 0.29) is 24.3 Å². The van der Waals surface area contributed by atoms with Gasteiger partial charge in [0.1, 0.15) is 17.9 Å². The number of methoxy groups -OCH3 is 1. The minimum Gasteiger partial charge on any atom is -0.494 e. The van der Waals surface area contributed by atoms with Gasteiger partial charge in [0.25, 0.3) is 11.7 Å². The van der Waals surface area contributed by atoms with E-state index in [1.807, 2.05) is 30.3 Å². The van der Waals surface area contributed by atoms with Crippen molar-refractivity contribution in [2.24, 2.45) is 0 Å². The minimum atomic E-state index is -0.703. The predicted octanol–water partition coefficient (Wildman–Crippen LogP) is 1.66. The maximum atomic E-state index is 13.4. The number of carbonyl (C=O) groups is 2. The monoisotopic (exact) mass is 484 g/mol. The number of hydrogen-bond acceptors (Lipinski definition) is 7. The van der Waals surface area contributed by atoms with Crippen molar-refractivity contribution in [2.75, 3.05) is 7.11 Å². The third-order valence-corrected chi connectivity index (χ3v) is 6.21. The van der Waals surface area contributed by atoms with Crippen molar-refractivity contribution in [1.82, 2.24) is 39.2 Å². The number of aryl methyl sites for hydroxylation is 1. The van der Waals surface area contributed by atoms with E-state index in [2.05, 4.69) is 25.0 Å². The molecular formula is C24H20N8O4. The van der Waals surface area contributed by atoms with Gasteiger partial charge in [-0.25, -0.2) is 19.4 Å². The smallest absolute Gasteiger partial charge is 0.330 e. The molecule has 1 aromatic carbocycles. The molecule has 12 nitrogen and oxygen atoms in total. The second kappa shape index (κ2) is 8.05. The summed E-state index contributed by atoms with van der Waals surface area (Å²) >= 11 is 0. The van der Waals surface area contributed by atoms with Crippen molar-refractivity contribution < 1.29 is 14.3 Å². The van der Waals surface area contributed by atoms with Crippen LogP contribution in [-0.2, 0) is 17.9 Å². The number of aromatic amines is 2. The number of Topliss-reactive ketones (excluding diaryl/α,β-unsaturated/α-hetero) is 1. The zero-order valence-electron chi connectivity index (χ0n) is 19.3. The van der Waals surface area contributed by atoms with Crippen molar-refractivity contribution >= 4 is 22.6 Å². The fourth-order valence-electron chi connectivity index (χ4n) is 4.55. The third-order valence-electron chi connectivity index (χ3n) is 6.21. The van der Waals surface area contributed by atoms with Crippen LogP contribution in [0.1, 0.15) is 27.6 Å². The predicted molar refractivity (Wildman–Crippen MR) is 127 cm³/mol. The SMILES string of the molecule is COc1cnc(-n2cnc(C)n2)c2[nH]cc(C(=O)C(=O)N3Cc4[nH]c(=O)n(-c5ccccc5)c4C3)c12. The summed E-state index contributed by atoms with van der Waals surface area (Å²) in [6.07, 6.45) is 4.46. The Morgan fingerprint density at radius 3 is 2.64 bits per heavy atom. The Labute approximate surface area is 203 Å². The van der Waals surface area contributed by atoms with Crippen LogP contribution in [0.4, 0.5) is 0 Å². The number of nitrogens with one attached hydrogen (secondary N) is 2. The lowest BCUT2D eigenvalue weighted by Gasteiger charge is -2.15. The van der Waals surface area contributed by atoms with Crippen LogP contribution in [-0.4, -0.2) is 58.0 Å². The first-order chi connectivity index (χ1) is 17.5. The van der Waals surface area contributed by atoms with E-state index in [0.29, 0.717) is 45.4 Å². The molecule has 0 saturated carbocycles. The zero-order chi connectivity index (χ0) is 25.0. The summed E-state index contributed by atoms with van der Waals surface area (Å²) in [5.41, 5.74) is 2.30. The topological polar surface area (TPSA) is 144 Å². The summed E-state index contributed by atoms with van der Waals surface area (Å²) < 4.78 is 8.46. The summed E-state index contributed by atoms with van der Waals surface area (Å²) in [5.74, 6) is -0.0756. The van der Waals surface area contributed by atoms with Crippen LogP contribution in [0.2, 0.25) is 0 Å². The molecule has 12 heteroatoms. The number of rotatable bonds is 5. The molecule has 36 heavy (non-hydrogen) atoms. The van der Waals surface area contributed by atoms with Crippen LogP contribution >= 0.6 is 0 Å². The van der Waals surface area contributed by atoms with Crippen LogP contribution in [0, 0.1) is 6.92 Å². The molecule has 0 fully saturated rings. The molecule has 5 heterocycles. The van der Waals surface area contributed by atoms with E-state index in [0.717, 1.165) is 0 Å². The van der Waals surface area contributed by atoms with Crippen molar-refractivity contribution in [3.05, 3.63) is 82.3 Å². The van der Waals surface area contributed by atoms with E-state index in [1.165, 1.54) is 40.0 Å². The highest BCUT2D eigenvalue weighted by Gasteiger charge is 2.34. The number of amides is 1. The molecule has 4 aromatic heterocycles. The van der Waals surface area contributed by atoms with E-state index in [1.54, 1.807) is 6.92 Å². The maximum Gasteiger partial charge on any atom is 0.330 e. The zero-order valence-corrected chi connectivity index (χ0v) is 19.3. The molecule has 0 saturated heterocycles. The molecule has 0 aliphatic carbocycles. The van der Waals surface area contributed by atoms with Crippen LogP contribution in [0.15, 0.2) is 53.8 Å².